The summed E-state index contributed by atoms with van der Waals surface area (Å²) in [7, 11) is 1.77. The maximum atomic E-state index is 11.6. The Balaban J connectivity index is 1.85. The Morgan fingerprint density at radius 3 is 2.61 bits per heavy atom. The minimum atomic E-state index is -0.274. The van der Waals surface area contributed by atoms with Crippen molar-refractivity contribution in [2.75, 3.05) is 5.32 Å². The molecule has 1 aromatic carbocycles. The molecular weight excluding hydrogens is 248 g/mol. The Hall–Kier alpha value is -1.95. The van der Waals surface area contributed by atoms with E-state index in [1.54, 1.807) is 24.0 Å². The van der Waals surface area contributed by atoms with E-state index in [9.17, 15) is 4.79 Å². The number of nitrogens with one attached hydrogen (secondary N) is 2. The molecule has 0 radical (unpaired) electrons. The van der Waals surface area contributed by atoms with Crippen molar-refractivity contribution >= 4 is 23.8 Å². The van der Waals surface area contributed by atoms with Crippen molar-refractivity contribution in [1.82, 2.24) is 14.5 Å². The molecule has 2 rings (SSSR count). The van der Waals surface area contributed by atoms with Crippen LogP contribution in [0.1, 0.15) is 5.56 Å². The molecule has 6 heteroatoms. The van der Waals surface area contributed by atoms with E-state index in [-0.39, 0.29) is 6.03 Å². The van der Waals surface area contributed by atoms with Gasteiger partial charge in [-0.15, -0.1) is 0 Å². The molecule has 0 bridgehead atoms. The number of rotatable bonds is 3. The summed E-state index contributed by atoms with van der Waals surface area (Å²) in [6.45, 7) is 2.02. The first-order chi connectivity index (χ1) is 8.65. The highest BCUT2D eigenvalue weighted by molar-refractivity contribution is 7.98. The molecular formula is C12H14N4OS. The van der Waals surface area contributed by atoms with Crippen LogP contribution in [0.2, 0.25) is 0 Å². The van der Waals surface area contributed by atoms with Crippen molar-refractivity contribution < 1.29 is 4.79 Å². The second kappa shape index (κ2) is 5.59. The topological polar surface area (TPSA) is 59.0 Å². The lowest BCUT2D eigenvalue weighted by Gasteiger charge is -2.06. The van der Waals surface area contributed by atoms with E-state index in [1.807, 2.05) is 31.2 Å². The third-order valence-electron chi connectivity index (χ3n) is 2.35. The van der Waals surface area contributed by atoms with Gasteiger partial charge in [-0.25, -0.2) is 4.79 Å². The fraction of sp³-hybridized carbons (Fsp3) is 0.167. The molecule has 0 saturated heterocycles. The Labute approximate surface area is 110 Å². The predicted octanol–water partition coefficient (Wildman–Crippen LogP) is 2.56. The summed E-state index contributed by atoms with van der Waals surface area (Å²) in [6.07, 6.45) is 1.63. The second-order valence-electron chi connectivity index (χ2n) is 3.81. The van der Waals surface area contributed by atoms with Gasteiger partial charge < -0.3 is 0 Å². The minimum absolute atomic E-state index is 0.274. The highest BCUT2D eigenvalue weighted by Gasteiger charge is 2.04. The number of hydrogen-bond acceptors (Lipinski definition) is 3. The maximum Gasteiger partial charge on any atom is 0.330 e. The van der Waals surface area contributed by atoms with E-state index in [0.29, 0.717) is 5.82 Å². The molecule has 2 N–H and O–H groups in total. The van der Waals surface area contributed by atoms with Crippen molar-refractivity contribution in [3.63, 3.8) is 0 Å². The van der Waals surface area contributed by atoms with Gasteiger partial charge in [0.15, 0.2) is 0 Å². The van der Waals surface area contributed by atoms with Crippen LogP contribution < -0.4 is 10.0 Å². The van der Waals surface area contributed by atoms with Crippen molar-refractivity contribution in [1.29, 1.82) is 0 Å². The summed E-state index contributed by atoms with van der Waals surface area (Å²) in [4.78, 5) is 12.6. The van der Waals surface area contributed by atoms with Crippen molar-refractivity contribution in [3.8, 4) is 0 Å². The van der Waals surface area contributed by atoms with Crippen LogP contribution in [0, 0.1) is 6.92 Å². The number of benzene rings is 1. The number of urea groups is 1. The van der Waals surface area contributed by atoms with E-state index in [4.69, 9.17) is 0 Å². The minimum Gasteiger partial charge on any atom is -0.292 e. The predicted molar refractivity (Wildman–Crippen MR) is 72.4 cm³/mol. The fourth-order valence-corrected chi connectivity index (χ4v) is 1.88. The summed E-state index contributed by atoms with van der Waals surface area (Å²) in [6, 6.07) is 9.39. The highest BCUT2D eigenvalue weighted by atomic mass is 32.2. The first kappa shape index (κ1) is 12.5. The third kappa shape index (κ3) is 3.27. The fourth-order valence-electron chi connectivity index (χ4n) is 1.35. The van der Waals surface area contributed by atoms with Crippen LogP contribution in [0.5, 0.6) is 0 Å². The zero-order valence-electron chi connectivity index (χ0n) is 10.2. The van der Waals surface area contributed by atoms with Gasteiger partial charge in [0.1, 0.15) is 5.82 Å². The number of carbonyl (C=O) groups is 1. The molecule has 0 aliphatic rings. The average molecular weight is 262 g/mol. The second-order valence-corrected chi connectivity index (χ2v) is 4.69. The van der Waals surface area contributed by atoms with Gasteiger partial charge in [0.05, 0.1) is 6.20 Å². The molecule has 18 heavy (non-hydrogen) atoms. The SMILES string of the molecule is Cc1ccc(SNC(=O)Nc2ccnn2C)cc1. The number of aryl methyl sites for hydroxylation is 2. The van der Waals surface area contributed by atoms with E-state index in [1.165, 1.54) is 17.5 Å². The van der Waals surface area contributed by atoms with Crippen LogP contribution in [-0.2, 0) is 7.05 Å². The summed E-state index contributed by atoms with van der Waals surface area (Å²) < 4.78 is 4.30. The normalized spacial score (nSPS) is 10.1. The van der Waals surface area contributed by atoms with Crippen molar-refractivity contribution in [3.05, 3.63) is 42.1 Å². The Morgan fingerprint density at radius 2 is 2.00 bits per heavy atom. The zero-order chi connectivity index (χ0) is 13.0. The molecule has 0 saturated carbocycles. The Morgan fingerprint density at radius 1 is 1.28 bits per heavy atom. The zero-order valence-corrected chi connectivity index (χ0v) is 11.0. The summed E-state index contributed by atoms with van der Waals surface area (Å²) >= 11 is 1.27. The molecule has 0 aliphatic carbocycles. The molecule has 0 spiro atoms. The van der Waals surface area contributed by atoms with Gasteiger partial charge in [-0.2, -0.15) is 5.10 Å². The summed E-state index contributed by atoms with van der Waals surface area (Å²) in [5.74, 6) is 0.650. The molecule has 5 nitrogen and oxygen atoms in total. The number of amides is 2. The van der Waals surface area contributed by atoms with Crippen LogP contribution >= 0.6 is 11.9 Å². The van der Waals surface area contributed by atoms with Crippen LogP contribution in [0.3, 0.4) is 0 Å². The molecule has 0 unspecified atom stereocenters. The van der Waals surface area contributed by atoms with Gasteiger partial charge in [0.2, 0.25) is 0 Å². The molecule has 0 atom stereocenters. The number of hydrogen-bond donors (Lipinski definition) is 2. The summed E-state index contributed by atoms with van der Waals surface area (Å²) in [5.41, 5.74) is 1.19. The quantitative estimate of drug-likeness (QED) is 0.836. The van der Waals surface area contributed by atoms with Crippen LogP contribution in [0.4, 0.5) is 10.6 Å². The van der Waals surface area contributed by atoms with E-state index in [0.717, 1.165) is 4.90 Å². The van der Waals surface area contributed by atoms with Gasteiger partial charge in [0, 0.05) is 18.0 Å². The Bertz CT molecular complexity index is 535. The average Bonchev–Trinajstić information content (AvgIpc) is 2.74. The largest absolute Gasteiger partial charge is 0.330 e. The van der Waals surface area contributed by atoms with Crippen molar-refractivity contribution in [2.24, 2.45) is 7.05 Å². The monoisotopic (exact) mass is 262 g/mol. The summed E-state index contributed by atoms with van der Waals surface area (Å²) in [5, 5.41) is 6.67. The first-order valence-electron chi connectivity index (χ1n) is 5.43. The molecule has 1 heterocycles. The van der Waals surface area contributed by atoms with E-state index >= 15 is 0 Å². The standard InChI is InChI=1S/C12H14N4OS/c1-9-3-5-10(6-4-9)18-15-12(17)14-11-7-8-13-16(11)2/h3-8H,1-2H3,(H2,14,15,17). The molecule has 0 aliphatic heterocycles. The lowest BCUT2D eigenvalue weighted by Crippen LogP contribution is -2.23. The third-order valence-corrected chi connectivity index (χ3v) is 3.14. The molecule has 0 fully saturated rings. The number of nitrogens with zero attached hydrogens (tertiary/aromatic N) is 2. The lowest BCUT2D eigenvalue weighted by molar-refractivity contribution is 0.257. The van der Waals surface area contributed by atoms with Crippen LogP contribution in [0.25, 0.3) is 0 Å². The smallest absolute Gasteiger partial charge is 0.292 e. The number of aromatic nitrogens is 2. The lowest BCUT2D eigenvalue weighted by atomic mass is 10.2. The van der Waals surface area contributed by atoms with E-state index in [2.05, 4.69) is 15.1 Å². The number of carbonyl (C=O) groups excluding carboxylic acids is 1. The Kier molecular flexibility index (Phi) is 3.88. The molecule has 94 valence electrons. The van der Waals surface area contributed by atoms with Crippen LogP contribution in [-0.4, -0.2) is 15.8 Å². The molecule has 2 aromatic rings. The van der Waals surface area contributed by atoms with Crippen molar-refractivity contribution in [2.45, 2.75) is 11.8 Å². The van der Waals surface area contributed by atoms with Gasteiger partial charge in [-0.3, -0.25) is 14.7 Å². The highest BCUT2D eigenvalue weighted by Crippen LogP contribution is 2.15. The van der Waals surface area contributed by atoms with Gasteiger partial charge in [-0.1, -0.05) is 17.7 Å². The molecule has 2 amide bonds. The maximum absolute atomic E-state index is 11.6. The van der Waals surface area contributed by atoms with Gasteiger partial charge in [-0.05, 0) is 31.0 Å². The van der Waals surface area contributed by atoms with Gasteiger partial charge in [0.25, 0.3) is 0 Å². The van der Waals surface area contributed by atoms with Crippen LogP contribution in [0.15, 0.2) is 41.4 Å². The number of anilines is 1. The van der Waals surface area contributed by atoms with Gasteiger partial charge >= 0.3 is 6.03 Å². The molecule has 1 aromatic heterocycles. The first-order valence-corrected chi connectivity index (χ1v) is 6.25. The van der Waals surface area contributed by atoms with E-state index < -0.39 is 0 Å².